The van der Waals surface area contributed by atoms with Gasteiger partial charge < -0.3 is 5.32 Å². The van der Waals surface area contributed by atoms with E-state index in [-0.39, 0.29) is 13.0 Å². The number of aromatic nitrogens is 2. The zero-order valence-electron chi connectivity index (χ0n) is 12.8. The fourth-order valence-corrected chi connectivity index (χ4v) is 2.45. The largest absolute Gasteiger partial charge is 0.422 e. The minimum atomic E-state index is -5.65. The maximum absolute atomic E-state index is 13.7. The first kappa shape index (κ1) is 20.5. The van der Waals surface area contributed by atoms with Crippen LogP contribution in [0.3, 0.4) is 0 Å². The van der Waals surface area contributed by atoms with Crippen LogP contribution in [-0.4, -0.2) is 15.7 Å². The molecule has 1 heterocycles. The topological polar surface area (TPSA) is 46.9 Å². The van der Waals surface area contributed by atoms with Gasteiger partial charge in [-0.05, 0) is 29.5 Å². The molecule has 0 aliphatic carbocycles. The Morgan fingerprint density at radius 1 is 1.15 bits per heavy atom. The van der Waals surface area contributed by atoms with E-state index in [1.54, 1.807) is 18.4 Å². The van der Waals surface area contributed by atoms with Crippen LogP contribution in [0.15, 0.2) is 6.20 Å². The lowest BCUT2D eigenvalue weighted by Gasteiger charge is -2.14. The molecular formula is C14H9F7IN3O. The van der Waals surface area contributed by atoms with Crippen LogP contribution < -0.4 is 5.32 Å². The Morgan fingerprint density at radius 3 is 2.12 bits per heavy atom. The number of hydrogen-bond acceptors (Lipinski definition) is 2. The third-order valence-electron chi connectivity index (χ3n) is 3.27. The molecule has 2 rings (SSSR count). The molecule has 0 atom stereocenters. The minimum Gasteiger partial charge on any atom is -0.321 e. The number of alkyl halides is 3. The van der Waals surface area contributed by atoms with E-state index in [2.05, 4.69) is 5.10 Å². The molecule has 2 aromatic rings. The lowest BCUT2D eigenvalue weighted by atomic mass is 10.1. The van der Waals surface area contributed by atoms with Crippen molar-refractivity contribution in [2.75, 3.05) is 5.32 Å². The number of halogens is 8. The highest BCUT2D eigenvalue weighted by Crippen LogP contribution is 2.38. The number of carbonyl (C=O) groups is 1. The molecule has 26 heavy (non-hydrogen) atoms. The van der Waals surface area contributed by atoms with E-state index >= 15 is 0 Å². The van der Waals surface area contributed by atoms with E-state index in [0.717, 1.165) is 3.57 Å². The Kier molecular flexibility index (Phi) is 5.82. The number of rotatable bonds is 4. The average molecular weight is 495 g/mol. The Balaban J connectivity index is 2.22. The van der Waals surface area contributed by atoms with E-state index in [1.807, 2.05) is 22.6 Å². The van der Waals surface area contributed by atoms with Gasteiger partial charge in [0.15, 0.2) is 23.3 Å². The molecule has 1 amide bonds. The summed E-state index contributed by atoms with van der Waals surface area (Å²) in [6.45, 7) is 1.68. The Bertz CT molecular complexity index is 815. The number of carbonyl (C=O) groups excluding carboxylic acids is 1. The van der Waals surface area contributed by atoms with Gasteiger partial charge in [0.2, 0.25) is 5.91 Å². The summed E-state index contributed by atoms with van der Waals surface area (Å²) in [5.41, 5.74) is -3.65. The van der Waals surface area contributed by atoms with Crippen LogP contribution >= 0.6 is 22.6 Å². The van der Waals surface area contributed by atoms with Crippen molar-refractivity contribution in [1.82, 2.24) is 9.78 Å². The zero-order valence-corrected chi connectivity index (χ0v) is 15.0. The van der Waals surface area contributed by atoms with Gasteiger partial charge in [0.1, 0.15) is 11.3 Å². The second-order valence-corrected chi connectivity index (χ2v) is 6.29. The predicted octanol–water partition coefficient (Wildman–Crippen LogP) is 4.40. The molecule has 0 aliphatic rings. The summed E-state index contributed by atoms with van der Waals surface area (Å²) in [7, 11) is 0. The maximum Gasteiger partial charge on any atom is 0.422 e. The van der Waals surface area contributed by atoms with Crippen molar-refractivity contribution in [1.29, 1.82) is 0 Å². The molecule has 0 unspecified atom stereocenters. The normalized spacial score (nSPS) is 11.7. The lowest BCUT2D eigenvalue weighted by molar-refractivity contribution is -0.143. The molecule has 0 saturated carbocycles. The molecule has 0 aliphatic heterocycles. The van der Waals surface area contributed by atoms with Crippen molar-refractivity contribution in [3.05, 3.63) is 44.3 Å². The highest BCUT2D eigenvalue weighted by Gasteiger charge is 2.42. The number of benzene rings is 1. The van der Waals surface area contributed by atoms with Crippen molar-refractivity contribution < 1.29 is 35.5 Å². The standard InChI is InChI=1S/C14H9F7IN3O/c1-5-6(22)4-25(24-5)3-2-7(26)23-13-11(17)9(15)8(14(19,20)21)10(16)12(13)18/h4H,2-3H2,1H3,(H,23,26). The third-order valence-corrected chi connectivity index (χ3v) is 4.32. The third kappa shape index (κ3) is 4.10. The fourth-order valence-electron chi connectivity index (χ4n) is 2.02. The number of nitrogens with one attached hydrogen (secondary N) is 1. The van der Waals surface area contributed by atoms with Crippen LogP contribution in [0, 0.1) is 33.8 Å². The number of hydrogen-bond donors (Lipinski definition) is 1. The average Bonchev–Trinajstić information content (AvgIpc) is 2.85. The first-order valence-electron chi connectivity index (χ1n) is 6.86. The molecule has 0 fully saturated rings. The molecule has 1 aromatic heterocycles. The van der Waals surface area contributed by atoms with Gasteiger partial charge in [0.25, 0.3) is 0 Å². The van der Waals surface area contributed by atoms with Crippen LogP contribution in [0.4, 0.5) is 36.4 Å². The monoisotopic (exact) mass is 495 g/mol. The molecule has 4 nitrogen and oxygen atoms in total. The second kappa shape index (κ2) is 7.40. The van der Waals surface area contributed by atoms with E-state index in [4.69, 9.17) is 0 Å². The van der Waals surface area contributed by atoms with Crippen molar-refractivity contribution in [2.45, 2.75) is 26.1 Å². The molecule has 1 N–H and O–H groups in total. The van der Waals surface area contributed by atoms with E-state index < -0.39 is 46.6 Å². The maximum atomic E-state index is 13.7. The fraction of sp³-hybridized carbons (Fsp3) is 0.286. The summed E-state index contributed by atoms with van der Waals surface area (Å²) in [5.74, 6) is -11.0. The molecule has 0 spiro atoms. The molecule has 0 saturated heterocycles. The van der Waals surface area contributed by atoms with Gasteiger partial charge >= 0.3 is 6.18 Å². The van der Waals surface area contributed by atoms with E-state index in [0.29, 0.717) is 5.69 Å². The van der Waals surface area contributed by atoms with Gasteiger partial charge in [0.05, 0.1) is 9.26 Å². The Morgan fingerprint density at radius 2 is 1.69 bits per heavy atom. The van der Waals surface area contributed by atoms with E-state index in [9.17, 15) is 35.5 Å². The summed E-state index contributed by atoms with van der Waals surface area (Å²) >= 11 is 1.99. The lowest BCUT2D eigenvalue weighted by Crippen LogP contribution is -2.21. The van der Waals surface area contributed by atoms with Gasteiger partial charge in [-0.3, -0.25) is 9.48 Å². The summed E-state index contributed by atoms with van der Waals surface area (Å²) in [4.78, 5) is 11.7. The smallest absolute Gasteiger partial charge is 0.321 e. The Labute approximate surface area is 155 Å². The highest BCUT2D eigenvalue weighted by atomic mass is 127. The first-order valence-corrected chi connectivity index (χ1v) is 7.93. The molecular weight excluding hydrogens is 486 g/mol. The zero-order chi connectivity index (χ0) is 19.8. The number of aryl methyl sites for hydroxylation is 2. The van der Waals surface area contributed by atoms with Crippen molar-refractivity contribution in [3.63, 3.8) is 0 Å². The summed E-state index contributed by atoms with van der Waals surface area (Å²) in [6.07, 6.45) is -4.45. The van der Waals surface area contributed by atoms with Crippen molar-refractivity contribution >= 4 is 34.2 Å². The molecule has 0 radical (unpaired) electrons. The molecule has 0 bridgehead atoms. The molecule has 1 aromatic carbocycles. The molecule has 142 valence electrons. The van der Waals surface area contributed by atoms with Crippen molar-refractivity contribution in [2.24, 2.45) is 0 Å². The van der Waals surface area contributed by atoms with E-state index in [1.165, 1.54) is 4.68 Å². The summed E-state index contributed by atoms with van der Waals surface area (Å²) in [6, 6.07) is 0. The van der Waals surface area contributed by atoms with Gasteiger partial charge in [-0.2, -0.15) is 18.3 Å². The SMILES string of the molecule is Cc1nn(CCC(=O)Nc2c(F)c(F)c(C(F)(F)F)c(F)c2F)cc1I. The Hall–Kier alpha value is -1.86. The van der Waals surface area contributed by atoms with Crippen LogP contribution in [0.5, 0.6) is 0 Å². The van der Waals surface area contributed by atoms with Crippen LogP contribution in [0.2, 0.25) is 0 Å². The highest BCUT2D eigenvalue weighted by molar-refractivity contribution is 14.1. The van der Waals surface area contributed by atoms with Gasteiger partial charge in [-0.25, -0.2) is 17.6 Å². The van der Waals surface area contributed by atoms with Gasteiger partial charge in [-0.15, -0.1) is 0 Å². The van der Waals surface area contributed by atoms with Crippen LogP contribution in [-0.2, 0) is 17.5 Å². The quantitative estimate of drug-likeness (QED) is 0.389. The van der Waals surface area contributed by atoms with Crippen molar-refractivity contribution in [3.8, 4) is 0 Å². The van der Waals surface area contributed by atoms with Gasteiger partial charge in [-0.1, -0.05) is 0 Å². The second-order valence-electron chi connectivity index (χ2n) is 5.13. The first-order chi connectivity index (χ1) is 11.9. The predicted molar refractivity (Wildman–Crippen MR) is 84.2 cm³/mol. The minimum absolute atomic E-state index is 0.0233. The summed E-state index contributed by atoms with van der Waals surface area (Å²) < 4.78 is 94.0. The molecule has 12 heteroatoms. The van der Waals surface area contributed by atoms with Gasteiger partial charge in [0, 0.05) is 19.2 Å². The van der Waals surface area contributed by atoms with Crippen LogP contribution in [0.25, 0.3) is 0 Å². The number of nitrogens with zero attached hydrogens (tertiary/aromatic N) is 2. The van der Waals surface area contributed by atoms with Crippen LogP contribution in [0.1, 0.15) is 17.7 Å². The number of anilines is 1. The summed E-state index contributed by atoms with van der Waals surface area (Å²) in [5, 5.41) is 5.58. The number of amides is 1.